The lowest BCUT2D eigenvalue weighted by Crippen LogP contribution is -2.52. The van der Waals surface area contributed by atoms with Crippen LogP contribution in [0.4, 0.5) is 0 Å². The van der Waals surface area contributed by atoms with E-state index in [1.165, 1.54) is 17.3 Å². The van der Waals surface area contributed by atoms with Crippen molar-refractivity contribution in [3.05, 3.63) is 95.6 Å². The molecule has 2 atom stereocenters. The van der Waals surface area contributed by atoms with Crippen LogP contribution >= 0.6 is 11.8 Å². The molecule has 0 radical (unpaired) electrons. The van der Waals surface area contributed by atoms with Crippen molar-refractivity contribution in [1.82, 2.24) is 10.2 Å². The lowest BCUT2D eigenvalue weighted by atomic mass is 10.0. The molecule has 0 aliphatic carbocycles. The second kappa shape index (κ2) is 13.7. The maximum Gasteiger partial charge on any atom is 0.243 e. The molecule has 0 saturated carbocycles. The lowest BCUT2D eigenvalue weighted by Gasteiger charge is -2.32. The largest absolute Gasteiger partial charge is 0.497 e. The van der Waals surface area contributed by atoms with E-state index in [1.807, 2.05) is 99.6 Å². The Labute approximate surface area is 219 Å². The van der Waals surface area contributed by atoms with E-state index in [0.717, 1.165) is 28.2 Å². The van der Waals surface area contributed by atoms with Crippen molar-refractivity contribution in [2.75, 3.05) is 12.9 Å². The molecule has 3 aromatic rings. The molecule has 0 unspecified atom stereocenters. The Morgan fingerprint density at radius 2 is 1.67 bits per heavy atom. The molecule has 2 amide bonds. The number of rotatable bonds is 12. The molecule has 0 bridgehead atoms. The summed E-state index contributed by atoms with van der Waals surface area (Å²) in [6, 6.07) is 25.0. The van der Waals surface area contributed by atoms with Gasteiger partial charge in [-0.05, 0) is 55.7 Å². The van der Waals surface area contributed by atoms with Gasteiger partial charge < -0.3 is 15.0 Å². The van der Waals surface area contributed by atoms with Crippen LogP contribution in [0.3, 0.4) is 0 Å². The van der Waals surface area contributed by atoms with Crippen LogP contribution in [0.15, 0.2) is 83.8 Å². The number of hydrogen-bond acceptors (Lipinski definition) is 4. The number of hydrogen-bond donors (Lipinski definition) is 1. The summed E-state index contributed by atoms with van der Waals surface area (Å²) in [4.78, 5) is 30.0. The second-order valence-corrected chi connectivity index (χ2v) is 10.0. The molecule has 0 aliphatic rings. The van der Waals surface area contributed by atoms with Crippen molar-refractivity contribution < 1.29 is 14.3 Å². The van der Waals surface area contributed by atoms with E-state index in [2.05, 4.69) is 5.32 Å². The second-order valence-electron chi connectivity index (χ2n) is 9.00. The monoisotopic (exact) mass is 504 g/mol. The van der Waals surface area contributed by atoms with Gasteiger partial charge in [-0.3, -0.25) is 9.59 Å². The van der Waals surface area contributed by atoms with Crippen LogP contribution in [-0.4, -0.2) is 41.7 Å². The van der Waals surface area contributed by atoms with E-state index >= 15 is 0 Å². The highest BCUT2D eigenvalue weighted by atomic mass is 32.2. The van der Waals surface area contributed by atoms with E-state index in [4.69, 9.17) is 4.74 Å². The normalized spacial score (nSPS) is 12.4. The fourth-order valence-corrected chi connectivity index (χ4v) is 4.61. The first-order valence-corrected chi connectivity index (χ1v) is 13.3. The number of aryl methyl sites for hydroxylation is 1. The molecule has 6 heteroatoms. The van der Waals surface area contributed by atoms with E-state index in [0.29, 0.717) is 13.0 Å². The third-order valence-corrected chi connectivity index (χ3v) is 7.14. The molecule has 0 aromatic heterocycles. The molecular formula is C30H36N2O3S. The van der Waals surface area contributed by atoms with Gasteiger partial charge in [0.25, 0.3) is 0 Å². The lowest BCUT2D eigenvalue weighted by molar-refractivity contribution is -0.139. The fraction of sp³-hybridized carbons (Fsp3) is 0.333. The van der Waals surface area contributed by atoms with Crippen molar-refractivity contribution >= 4 is 23.6 Å². The summed E-state index contributed by atoms with van der Waals surface area (Å²) >= 11 is 1.49. The molecule has 1 N–H and O–H groups in total. The highest BCUT2D eigenvalue weighted by molar-refractivity contribution is 8.00. The smallest absolute Gasteiger partial charge is 0.243 e. The zero-order valence-corrected chi connectivity index (χ0v) is 22.4. The third kappa shape index (κ3) is 8.16. The predicted molar refractivity (Wildman–Crippen MR) is 147 cm³/mol. The van der Waals surface area contributed by atoms with Crippen LogP contribution in [0.2, 0.25) is 0 Å². The van der Waals surface area contributed by atoms with Crippen LogP contribution in [0.25, 0.3) is 0 Å². The molecule has 0 heterocycles. The summed E-state index contributed by atoms with van der Waals surface area (Å²) in [5.74, 6) is 0.751. The van der Waals surface area contributed by atoms with Gasteiger partial charge in [-0.15, -0.1) is 11.8 Å². The first kappa shape index (κ1) is 27.3. The molecule has 0 fully saturated rings. The molecule has 5 nitrogen and oxygen atoms in total. The van der Waals surface area contributed by atoms with Gasteiger partial charge in [-0.2, -0.15) is 0 Å². The van der Waals surface area contributed by atoms with Gasteiger partial charge in [0.15, 0.2) is 0 Å². The van der Waals surface area contributed by atoms with Gasteiger partial charge >= 0.3 is 0 Å². The topological polar surface area (TPSA) is 58.6 Å². The number of amides is 2. The fourth-order valence-electron chi connectivity index (χ4n) is 3.83. The van der Waals surface area contributed by atoms with Crippen molar-refractivity contribution in [2.24, 2.45) is 0 Å². The van der Waals surface area contributed by atoms with Crippen molar-refractivity contribution in [3.63, 3.8) is 0 Å². The maximum atomic E-state index is 13.7. The molecule has 190 valence electrons. The molecule has 0 spiro atoms. The van der Waals surface area contributed by atoms with Crippen LogP contribution in [0.5, 0.6) is 5.75 Å². The number of nitrogens with one attached hydrogen (secondary N) is 1. The van der Waals surface area contributed by atoms with Crippen molar-refractivity contribution in [2.45, 2.75) is 57.1 Å². The molecule has 0 aliphatic heterocycles. The summed E-state index contributed by atoms with van der Waals surface area (Å²) in [5.41, 5.74) is 3.10. The summed E-state index contributed by atoms with van der Waals surface area (Å²) in [7, 11) is 1.62. The molecule has 3 rings (SSSR count). The molecule has 0 saturated heterocycles. The Hall–Kier alpha value is -3.25. The maximum absolute atomic E-state index is 13.7. The van der Waals surface area contributed by atoms with E-state index in [-0.39, 0.29) is 23.6 Å². The minimum absolute atomic E-state index is 0.0199. The molecule has 36 heavy (non-hydrogen) atoms. The first-order chi connectivity index (χ1) is 17.4. The number of benzene rings is 3. The highest BCUT2D eigenvalue weighted by Gasteiger charge is 2.31. The predicted octanol–water partition coefficient (Wildman–Crippen LogP) is 5.65. The third-order valence-electron chi connectivity index (χ3n) is 6.14. The van der Waals surface area contributed by atoms with Crippen LogP contribution in [0.1, 0.15) is 37.0 Å². The highest BCUT2D eigenvalue weighted by Crippen LogP contribution is 2.23. The van der Waals surface area contributed by atoms with Crippen molar-refractivity contribution in [3.8, 4) is 5.75 Å². The van der Waals surface area contributed by atoms with Gasteiger partial charge in [0.1, 0.15) is 11.8 Å². The summed E-state index contributed by atoms with van der Waals surface area (Å²) in [6.45, 7) is 6.38. The minimum Gasteiger partial charge on any atom is -0.497 e. The van der Waals surface area contributed by atoms with Gasteiger partial charge in [0.05, 0.1) is 12.9 Å². The minimum atomic E-state index is -0.640. The number of thioether (sulfide) groups is 1. The standard InChI is InChI=1S/C30H36N2O3S/c1-5-23(3)31-30(34)28(19-24-10-7-6-8-11-24)32(20-25-12-9-13-26(18-25)35-4)29(33)21-36-27-16-14-22(2)15-17-27/h6-18,23,28H,5,19-21H2,1-4H3,(H,31,34)/t23-,28-/m0/s1. The summed E-state index contributed by atoms with van der Waals surface area (Å²) < 4.78 is 5.40. The molecular weight excluding hydrogens is 468 g/mol. The van der Waals surface area contributed by atoms with Gasteiger partial charge in [0, 0.05) is 23.9 Å². The number of carbonyl (C=O) groups excluding carboxylic acids is 2. The van der Waals surface area contributed by atoms with Gasteiger partial charge in [-0.25, -0.2) is 0 Å². The number of methoxy groups -OCH3 is 1. The Morgan fingerprint density at radius 3 is 2.33 bits per heavy atom. The average molecular weight is 505 g/mol. The van der Waals surface area contributed by atoms with Gasteiger partial charge in [0.2, 0.25) is 11.8 Å². The Bertz CT molecular complexity index is 1120. The zero-order chi connectivity index (χ0) is 25.9. The SMILES string of the molecule is CC[C@H](C)NC(=O)[C@H](Cc1ccccc1)N(Cc1cccc(OC)c1)C(=O)CSc1ccc(C)cc1. The van der Waals surface area contributed by atoms with E-state index in [1.54, 1.807) is 12.0 Å². The van der Waals surface area contributed by atoms with Crippen LogP contribution in [-0.2, 0) is 22.6 Å². The number of nitrogens with zero attached hydrogens (tertiary/aromatic N) is 1. The van der Waals surface area contributed by atoms with Crippen molar-refractivity contribution in [1.29, 1.82) is 0 Å². The van der Waals surface area contributed by atoms with Gasteiger partial charge in [-0.1, -0.05) is 67.1 Å². The zero-order valence-electron chi connectivity index (χ0n) is 21.6. The molecule has 3 aromatic carbocycles. The van der Waals surface area contributed by atoms with Crippen LogP contribution in [0, 0.1) is 6.92 Å². The quantitative estimate of drug-likeness (QED) is 0.324. The number of ether oxygens (including phenoxy) is 1. The van der Waals surface area contributed by atoms with Crippen LogP contribution < -0.4 is 10.1 Å². The number of carbonyl (C=O) groups is 2. The van der Waals surface area contributed by atoms with E-state index in [9.17, 15) is 9.59 Å². The average Bonchev–Trinajstić information content (AvgIpc) is 2.90. The Kier molecular flexibility index (Phi) is 10.4. The summed E-state index contributed by atoms with van der Waals surface area (Å²) in [6.07, 6.45) is 1.25. The Balaban J connectivity index is 1.92. The van der Waals surface area contributed by atoms with E-state index < -0.39 is 6.04 Å². The summed E-state index contributed by atoms with van der Waals surface area (Å²) in [5, 5.41) is 3.11. The first-order valence-electron chi connectivity index (χ1n) is 12.4. The Morgan fingerprint density at radius 1 is 0.972 bits per heavy atom.